The topological polar surface area (TPSA) is 61.0 Å². The molecule has 0 atom stereocenters. The van der Waals surface area contributed by atoms with Crippen LogP contribution in [0.4, 0.5) is 0 Å². The van der Waals surface area contributed by atoms with Gasteiger partial charge in [-0.05, 0) is 55.0 Å². The maximum absolute atomic E-state index is 13.3. The molecule has 2 heterocycles. The molecule has 3 aromatic rings. The number of unbranched alkanes of at least 4 members (excludes halogenated alkanes) is 2. The monoisotopic (exact) mass is 484 g/mol. The van der Waals surface area contributed by atoms with Gasteiger partial charge in [0, 0.05) is 29.2 Å². The van der Waals surface area contributed by atoms with E-state index in [9.17, 15) is 4.79 Å². The number of H-pyrrole nitrogens is 1. The number of hydrogen-bond acceptors (Lipinski definition) is 3. The highest BCUT2D eigenvalue weighted by molar-refractivity contribution is 6.36. The van der Waals surface area contributed by atoms with Gasteiger partial charge in [0.1, 0.15) is 11.4 Å². The number of piperidine rings is 1. The zero-order valence-corrected chi connectivity index (χ0v) is 20.5. The van der Waals surface area contributed by atoms with E-state index in [0.29, 0.717) is 21.4 Å². The third kappa shape index (κ3) is 5.78. The molecule has 174 valence electrons. The molecular weight excluding hydrogens is 455 g/mol. The molecule has 4 rings (SSSR count). The van der Waals surface area contributed by atoms with E-state index in [1.54, 1.807) is 12.1 Å². The van der Waals surface area contributed by atoms with E-state index < -0.39 is 0 Å². The van der Waals surface area contributed by atoms with Gasteiger partial charge in [0.05, 0.1) is 5.02 Å². The number of carbonyl (C=O) groups excluding carboxylic acids is 1. The van der Waals surface area contributed by atoms with Crippen LogP contribution in [0.5, 0.6) is 0 Å². The first kappa shape index (κ1) is 23.8. The van der Waals surface area contributed by atoms with Gasteiger partial charge in [-0.3, -0.25) is 15.3 Å². The first-order valence-electron chi connectivity index (χ1n) is 11.8. The molecule has 2 aromatic carbocycles. The van der Waals surface area contributed by atoms with Gasteiger partial charge in [0.2, 0.25) is 0 Å². The molecule has 1 aliphatic heterocycles. The maximum Gasteiger partial charge on any atom is 0.284 e. The van der Waals surface area contributed by atoms with Crippen LogP contribution in [0.15, 0.2) is 42.5 Å². The molecule has 1 aromatic heterocycles. The van der Waals surface area contributed by atoms with Crippen molar-refractivity contribution < 1.29 is 4.79 Å². The number of aryl methyl sites for hydroxylation is 1. The van der Waals surface area contributed by atoms with Crippen molar-refractivity contribution in [3.05, 3.63) is 63.8 Å². The van der Waals surface area contributed by atoms with Crippen molar-refractivity contribution >= 4 is 29.1 Å². The van der Waals surface area contributed by atoms with Crippen LogP contribution in [0.25, 0.3) is 22.4 Å². The van der Waals surface area contributed by atoms with Gasteiger partial charge < -0.3 is 0 Å². The predicted molar refractivity (Wildman–Crippen MR) is 136 cm³/mol. The molecule has 7 heteroatoms. The Morgan fingerprint density at radius 1 is 1.06 bits per heavy atom. The lowest BCUT2D eigenvalue weighted by Crippen LogP contribution is -2.45. The van der Waals surface area contributed by atoms with E-state index in [1.807, 2.05) is 11.1 Å². The fraction of sp³-hybridized carbons (Fsp3) is 0.385. The van der Waals surface area contributed by atoms with E-state index in [0.717, 1.165) is 49.0 Å². The Balaban J connectivity index is 1.70. The summed E-state index contributed by atoms with van der Waals surface area (Å²) in [6, 6.07) is 13.7. The Labute approximate surface area is 205 Å². The minimum absolute atomic E-state index is 0.192. The minimum Gasteiger partial charge on any atom is -0.283 e. The van der Waals surface area contributed by atoms with E-state index in [4.69, 9.17) is 23.2 Å². The number of hydrogen-bond donors (Lipinski definition) is 2. The molecule has 1 aliphatic rings. The van der Waals surface area contributed by atoms with Crippen LogP contribution < -0.4 is 5.43 Å². The summed E-state index contributed by atoms with van der Waals surface area (Å²) < 4.78 is 0. The van der Waals surface area contributed by atoms with Gasteiger partial charge in [-0.25, -0.2) is 5.01 Å². The van der Waals surface area contributed by atoms with Crippen LogP contribution in [-0.4, -0.2) is 34.2 Å². The number of hydrazine groups is 1. The van der Waals surface area contributed by atoms with Gasteiger partial charge in [-0.1, -0.05) is 73.7 Å². The second-order valence-electron chi connectivity index (χ2n) is 8.59. The minimum atomic E-state index is -0.192. The van der Waals surface area contributed by atoms with Crippen molar-refractivity contribution in [3.8, 4) is 22.4 Å². The molecular formula is C26H30Cl2N4O. The van der Waals surface area contributed by atoms with E-state index >= 15 is 0 Å². The molecule has 2 N–H and O–H groups in total. The highest BCUT2D eigenvalue weighted by Gasteiger charge is 2.24. The Bertz CT molecular complexity index is 1090. The number of halogens is 2. The summed E-state index contributed by atoms with van der Waals surface area (Å²) in [6.07, 6.45) is 8.03. The number of benzene rings is 2. The highest BCUT2D eigenvalue weighted by atomic mass is 35.5. The van der Waals surface area contributed by atoms with Crippen LogP contribution in [0.2, 0.25) is 10.0 Å². The lowest BCUT2D eigenvalue weighted by molar-refractivity contribution is 0.0745. The summed E-state index contributed by atoms with van der Waals surface area (Å²) in [7, 11) is 0. The fourth-order valence-corrected chi connectivity index (χ4v) is 4.78. The highest BCUT2D eigenvalue weighted by Crippen LogP contribution is 2.38. The summed E-state index contributed by atoms with van der Waals surface area (Å²) in [6.45, 7) is 3.93. The summed E-state index contributed by atoms with van der Waals surface area (Å²) in [5.41, 5.74) is 7.81. The van der Waals surface area contributed by atoms with Crippen LogP contribution in [0, 0.1) is 0 Å². The van der Waals surface area contributed by atoms with Gasteiger partial charge >= 0.3 is 0 Å². The smallest absolute Gasteiger partial charge is 0.283 e. The van der Waals surface area contributed by atoms with E-state index in [2.05, 4.69) is 46.8 Å². The van der Waals surface area contributed by atoms with E-state index in [-0.39, 0.29) is 5.91 Å². The SMILES string of the molecule is CCCCCc1ccc(-c2c(-c3ccc(Cl)cc3Cl)n[nH]c2C(=O)NN2CCCCC2)cc1. The summed E-state index contributed by atoms with van der Waals surface area (Å²) >= 11 is 12.6. The largest absolute Gasteiger partial charge is 0.284 e. The normalized spacial score (nSPS) is 14.4. The van der Waals surface area contributed by atoms with Crippen molar-refractivity contribution in [2.24, 2.45) is 0 Å². The summed E-state index contributed by atoms with van der Waals surface area (Å²) in [5, 5.41) is 10.5. The number of aromatic amines is 1. The molecule has 0 bridgehead atoms. The van der Waals surface area contributed by atoms with Crippen molar-refractivity contribution in [1.82, 2.24) is 20.6 Å². The van der Waals surface area contributed by atoms with Crippen molar-refractivity contribution in [1.29, 1.82) is 0 Å². The van der Waals surface area contributed by atoms with Gasteiger partial charge in [-0.2, -0.15) is 5.10 Å². The zero-order valence-electron chi connectivity index (χ0n) is 19.0. The fourth-order valence-electron chi connectivity index (χ4n) is 4.29. The first-order valence-corrected chi connectivity index (χ1v) is 12.5. The molecule has 0 saturated carbocycles. The van der Waals surface area contributed by atoms with Crippen LogP contribution in [0.1, 0.15) is 61.5 Å². The number of nitrogens with one attached hydrogen (secondary N) is 2. The molecule has 1 fully saturated rings. The standard InChI is InChI=1S/C26H30Cl2N4O/c1-2-3-5-8-18-9-11-19(12-10-18)23-24(21-14-13-20(27)17-22(21)28)29-30-25(23)26(33)31-32-15-6-4-7-16-32/h9-14,17H,2-8,15-16H2,1H3,(H,29,30)(H,31,33). The first-order chi connectivity index (χ1) is 16.1. The third-order valence-corrected chi connectivity index (χ3v) is 6.65. The number of rotatable bonds is 8. The van der Waals surface area contributed by atoms with Crippen molar-refractivity contribution in [2.45, 2.75) is 51.9 Å². The molecule has 1 amide bonds. The molecule has 0 radical (unpaired) electrons. The van der Waals surface area contributed by atoms with Crippen molar-refractivity contribution in [3.63, 3.8) is 0 Å². The average molecular weight is 485 g/mol. The molecule has 0 spiro atoms. The molecule has 33 heavy (non-hydrogen) atoms. The van der Waals surface area contributed by atoms with Crippen LogP contribution in [0.3, 0.4) is 0 Å². The number of carbonyl (C=O) groups is 1. The predicted octanol–water partition coefficient (Wildman–Crippen LogP) is 6.91. The van der Waals surface area contributed by atoms with Crippen LogP contribution >= 0.6 is 23.2 Å². The quantitative estimate of drug-likeness (QED) is 0.341. The second kappa shape index (κ2) is 11.2. The lowest BCUT2D eigenvalue weighted by atomic mass is 9.96. The Kier molecular flexibility index (Phi) is 8.07. The Morgan fingerprint density at radius 3 is 2.52 bits per heavy atom. The van der Waals surface area contributed by atoms with Gasteiger partial charge in [-0.15, -0.1) is 0 Å². The maximum atomic E-state index is 13.3. The molecule has 5 nitrogen and oxygen atoms in total. The van der Waals surface area contributed by atoms with Gasteiger partial charge in [0.15, 0.2) is 0 Å². The number of aromatic nitrogens is 2. The second-order valence-corrected chi connectivity index (χ2v) is 9.43. The molecule has 1 saturated heterocycles. The summed E-state index contributed by atoms with van der Waals surface area (Å²) in [5.74, 6) is -0.192. The molecule has 0 aliphatic carbocycles. The number of nitrogens with zero attached hydrogens (tertiary/aromatic N) is 2. The summed E-state index contributed by atoms with van der Waals surface area (Å²) in [4.78, 5) is 13.3. The van der Waals surface area contributed by atoms with Crippen LogP contribution in [-0.2, 0) is 6.42 Å². The van der Waals surface area contributed by atoms with Crippen molar-refractivity contribution in [2.75, 3.05) is 13.1 Å². The third-order valence-electron chi connectivity index (χ3n) is 6.11. The Hall–Kier alpha value is -2.34. The number of amides is 1. The Morgan fingerprint density at radius 2 is 1.82 bits per heavy atom. The zero-order chi connectivity index (χ0) is 23.2. The lowest BCUT2D eigenvalue weighted by Gasteiger charge is -2.26. The van der Waals surface area contributed by atoms with Gasteiger partial charge in [0.25, 0.3) is 5.91 Å². The average Bonchev–Trinajstić information content (AvgIpc) is 3.25. The molecule has 0 unspecified atom stereocenters. The van der Waals surface area contributed by atoms with E-state index in [1.165, 1.54) is 31.2 Å².